The summed E-state index contributed by atoms with van der Waals surface area (Å²) in [5, 5.41) is 15.5. The number of aromatic nitrogens is 2. The van der Waals surface area contributed by atoms with Crippen LogP contribution in [-0.2, 0) is 17.6 Å². The van der Waals surface area contributed by atoms with Crippen molar-refractivity contribution in [1.29, 1.82) is 0 Å². The average Bonchev–Trinajstić information content (AvgIpc) is 3.38. The number of nitrogens with two attached hydrogens (primary N) is 1. The molecule has 0 fully saturated rings. The van der Waals surface area contributed by atoms with Gasteiger partial charge in [0.1, 0.15) is 5.00 Å². The summed E-state index contributed by atoms with van der Waals surface area (Å²) in [4.78, 5) is 25.4. The molecule has 2 aromatic heterocycles. The molecule has 0 unspecified atom stereocenters. The van der Waals surface area contributed by atoms with Crippen LogP contribution in [0.25, 0.3) is 0 Å². The lowest BCUT2D eigenvalue weighted by atomic mass is 10.1. The van der Waals surface area contributed by atoms with Crippen LogP contribution in [-0.4, -0.2) is 27.8 Å². The van der Waals surface area contributed by atoms with Crippen LogP contribution in [0.1, 0.15) is 32.8 Å². The summed E-state index contributed by atoms with van der Waals surface area (Å²) in [6, 6.07) is 7.99. The minimum absolute atomic E-state index is 0.180. The molecule has 0 saturated heterocycles. The number of rotatable bonds is 7. The van der Waals surface area contributed by atoms with E-state index in [9.17, 15) is 9.59 Å². The lowest BCUT2D eigenvalue weighted by Crippen LogP contribution is -2.18. The van der Waals surface area contributed by atoms with Gasteiger partial charge in [0.2, 0.25) is 11.0 Å². The summed E-state index contributed by atoms with van der Waals surface area (Å²) in [5.74, 6) is -0.496. The van der Waals surface area contributed by atoms with Gasteiger partial charge in [0, 0.05) is 10.6 Å². The molecule has 10 heteroatoms. The van der Waals surface area contributed by atoms with Gasteiger partial charge in [-0.3, -0.25) is 9.59 Å². The maximum absolute atomic E-state index is 12.4. The summed E-state index contributed by atoms with van der Waals surface area (Å²) in [5.41, 5.74) is 9.13. The van der Waals surface area contributed by atoms with E-state index in [1.165, 1.54) is 40.0 Å². The first-order chi connectivity index (χ1) is 14.0. The number of thiophene rings is 1. The van der Waals surface area contributed by atoms with Crippen LogP contribution in [0.15, 0.2) is 28.6 Å². The van der Waals surface area contributed by atoms with Gasteiger partial charge in [-0.05, 0) is 43.9 Å². The van der Waals surface area contributed by atoms with Gasteiger partial charge >= 0.3 is 0 Å². The van der Waals surface area contributed by atoms with Crippen molar-refractivity contribution in [1.82, 2.24) is 10.2 Å². The van der Waals surface area contributed by atoms with Crippen molar-refractivity contribution < 1.29 is 9.59 Å². The molecule has 150 valence electrons. The molecule has 0 aliphatic heterocycles. The predicted molar refractivity (Wildman–Crippen MR) is 119 cm³/mol. The van der Waals surface area contributed by atoms with E-state index >= 15 is 0 Å². The zero-order valence-electron chi connectivity index (χ0n) is 15.7. The minimum Gasteiger partial charge on any atom is -0.365 e. The number of carbonyl (C=O) groups is 2. The second-order valence-corrected chi connectivity index (χ2v) is 9.93. The van der Waals surface area contributed by atoms with Crippen molar-refractivity contribution >= 4 is 62.1 Å². The minimum atomic E-state index is -0.483. The molecule has 7 nitrogen and oxygen atoms in total. The average molecular weight is 446 g/mol. The summed E-state index contributed by atoms with van der Waals surface area (Å²) in [7, 11) is 0. The molecule has 0 spiro atoms. The Hall–Kier alpha value is -2.43. The van der Waals surface area contributed by atoms with E-state index in [0.29, 0.717) is 20.0 Å². The zero-order chi connectivity index (χ0) is 20.4. The monoisotopic (exact) mass is 445 g/mol. The first kappa shape index (κ1) is 19.9. The Morgan fingerprint density at radius 3 is 2.72 bits per heavy atom. The Morgan fingerprint density at radius 2 is 1.97 bits per heavy atom. The van der Waals surface area contributed by atoms with Crippen molar-refractivity contribution in [2.24, 2.45) is 5.73 Å². The Kier molecular flexibility index (Phi) is 5.84. The van der Waals surface area contributed by atoms with E-state index in [0.717, 1.165) is 35.4 Å². The van der Waals surface area contributed by atoms with E-state index in [-0.39, 0.29) is 11.7 Å². The maximum atomic E-state index is 12.4. The molecule has 0 atom stereocenters. The highest BCUT2D eigenvalue weighted by Gasteiger charge is 2.26. The van der Waals surface area contributed by atoms with E-state index < -0.39 is 5.91 Å². The third-order valence-corrected chi connectivity index (χ3v) is 7.64. The molecule has 1 aliphatic rings. The number of amides is 2. The van der Waals surface area contributed by atoms with Crippen LogP contribution in [0.2, 0.25) is 0 Å². The summed E-state index contributed by atoms with van der Waals surface area (Å²) in [6.07, 6.45) is 2.81. The number of carbonyl (C=O) groups excluding carboxylic acids is 2. The third-order valence-electron chi connectivity index (χ3n) is 4.46. The fraction of sp³-hybridized carbons (Fsp3) is 0.263. The smallest absolute Gasteiger partial charge is 0.251 e. The van der Waals surface area contributed by atoms with Crippen LogP contribution in [0.4, 0.5) is 15.8 Å². The largest absolute Gasteiger partial charge is 0.365 e. The molecule has 29 heavy (non-hydrogen) atoms. The van der Waals surface area contributed by atoms with Gasteiger partial charge in [0.15, 0.2) is 4.34 Å². The molecule has 4 N–H and O–H groups in total. The SMILES string of the molecule is Cc1ccc(Nc2nnc(SCC(=O)Nc3sc4c(c3C(N)=O)CCC4)s2)cc1. The molecule has 1 aliphatic carbocycles. The van der Waals surface area contributed by atoms with Crippen LogP contribution in [0.5, 0.6) is 0 Å². The van der Waals surface area contributed by atoms with Crippen molar-refractivity contribution in [3.8, 4) is 0 Å². The van der Waals surface area contributed by atoms with E-state index in [1.54, 1.807) is 0 Å². The molecule has 3 aromatic rings. The van der Waals surface area contributed by atoms with Gasteiger partial charge in [-0.25, -0.2) is 0 Å². The second kappa shape index (κ2) is 8.52. The number of anilines is 3. The van der Waals surface area contributed by atoms with Gasteiger partial charge in [-0.15, -0.1) is 21.5 Å². The van der Waals surface area contributed by atoms with Crippen molar-refractivity contribution in [2.75, 3.05) is 16.4 Å². The zero-order valence-corrected chi connectivity index (χ0v) is 18.1. The van der Waals surface area contributed by atoms with Gasteiger partial charge in [-0.1, -0.05) is 40.8 Å². The molecule has 4 rings (SSSR count). The van der Waals surface area contributed by atoms with Crippen LogP contribution >= 0.6 is 34.4 Å². The number of primary amides is 1. The predicted octanol–water partition coefficient (Wildman–Crippen LogP) is 3.97. The first-order valence-electron chi connectivity index (χ1n) is 9.04. The standard InChI is InChI=1S/C19H19N5O2S3/c1-10-5-7-11(8-6-10)21-18-23-24-19(29-18)27-9-14(25)22-17-15(16(20)26)12-3-2-4-13(12)28-17/h5-8H,2-4,9H2,1H3,(H2,20,26)(H,21,23)(H,22,25). The quantitative estimate of drug-likeness (QED) is 0.475. The lowest BCUT2D eigenvalue weighted by molar-refractivity contribution is -0.113. The highest BCUT2D eigenvalue weighted by Crippen LogP contribution is 2.39. The fourth-order valence-electron chi connectivity index (χ4n) is 3.12. The van der Waals surface area contributed by atoms with Crippen molar-refractivity contribution in [3.05, 3.63) is 45.8 Å². The summed E-state index contributed by atoms with van der Waals surface area (Å²) >= 11 is 4.15. The number of nitrogens with one attached hydrogen (secondary N) is 2. The molecule has 0 radical (unpaired) electrons. The van der Waals surface area contributed by atoms with E-state index in [4.69, 9.17) is 5.73 Å². The number of aryl methyl sites for hydroxylation is 2. The highest BCUT2D eigenvalue weighted by molar-refractivity contribution is 8.01. The number of hydrogen-bond acceptors (Lipinski definition) is 8. The third kappa shape index (κ3) is 4.60. The molecule has 2 amide bonds. The molecular formula is C19H19N5O2S3. The number of hydrogen-bond donors (Lipinski definition) is 3. The van der Waals surface area contributed by atoms with Gasteiger partial charge in [0.05, 0.1) is 11.3 Å². The molecule has 1 aromatic carbocycles. The number of nitrogens with zero attached hydrogens (tertiary/aromatic N) is 2. The van der Waals surface area contributed by atoms with Gasteiger partial charge in [0.25, 0.3) is 5.91 Å². The Morgan fingerprint density at radius 1 is 1.17 bits per heavy atom. The summed E-state index contributed by atoms with van der Waals surface area (Å²) in [6.45, 7) is 2.03. The van der Waals surface area contributed by atoms with Crippen LogP contribution in [0, 0.1) is 6.92 Å². The normalized spacial score (nSPS) is 12.6. The van der Waals surface area contributed by atoms with Crippen molar-refractivity contribution in [3.63, 3.8) is 0 Å². The van der Waals surface area contributed by atoms with E-state index in [1.807, 2.05) is 31.2 Å². The van der Waals surface area contributed by atoms with Gasteiger partial charge < -0.3 is 16.4 Å². The highest BCUT2D eigenvalue weighted by atomic mass is 32.2. The number of thioether (sulfide) groups is 1. The second-order valence-electron chi connectivity index (χ2n) is 6.63. The molecule has 0 saturated carbocycles. The fourth-order valence-corrected chi connectivity index (χ4v) is 6.00. The van der Waals surface area contributed by atoms with Gasteiger partial charge in [-0.2, -0.15) is 0 Å². The van der Waals surface area contributed by atoms with Crippen molar-refractivity contribution in [2.45, 2.75) is 30.5 Å². The van der Waals surface area contributed by atoms with E-state index in [2.05, 4.69) is 20.8 Å². The van der Waals surface area contributed by atoms with Crippen LogP contribution < -0.4 is 16.4 Å². The summed E-state index contributed by atoms with van der Waals surface area (Å²) < 4.78 is 0.693. The lowest BCUT2D eigenvalue weighted by Gasteiger charge is -2.05. The maximum Gasteiger partial charge on any atom is 0.251 e. The molecule has 0 bridgehead atoms. The Balaban J connectivity index is 1.34. The number of fused-ring (bicyclic) bond motifs is 1. The molecule has 2 heterocycles. The van der Waals surface area contributed by atoms with Crippen LogP contribution in [0.3, 0.4) is 0 Å². The Bertz CT molecular complexity index is 1060. The number of benzene rings is 1. The first-order valence-corrected chi connectivity index (χ1v) is 11.7. The molecular weight excluding hydrogens is 426 g/mol. The topological polar surface area (TPSA) is 110 Å². The Labute approximate surface area is 180 Å².